The average Bonchev–Trinajstić information content (AvgIpc) is 3.17. The Balaban J connectivity index is 1.94. The highest BCUT2D eigenvalue weighted by molar-refractivity contribution is 6.06. The molecule has 30 heavy (non-hydrogen) atoms. The molecule has 0 radical (unpaired) electrons. The molecule has 3 rings (SSSR count). The molecule has 0 aliphatic rings. The van der Waals surface area contributed by atoms with Gasteiger partial charge < -0.3 is 19.7 Å². The van der Waals surface area contributed by atoms with Gasteiger partial charge in [-0.15, -0.1) is 0 Å². The van der Waals surface area contributed by atoms with Gasteiger partial charge in [0, 0.05) is 31.5 Å². The number of aromatic amines is 1. The summed E-state index contributed by atoms with van der Waals surface area (Å²) in [5.74, 6) is 0.511. The number of carbonyl (C=O) groups is 2. The molecular formula is C22H24N4O4. The van der Waals surface area contributed by atoms with Crippen LogP contribution in [-0.2, 0) is 9.59 Å². The van der Waals surface area contributed by atoms with E-state index in [2.05, 4.69) is 15.5 Å². The minimum Gasteiger partial charge on any atom is -0.494 e. The van der Waals surface area contributed by atoms with Gasteiger partial charge in [0.05, 0.1) is 25.4 Å². The first-order valence-corrected chi connectivity index (χ1v) is 9.43. The molecule has 2 N–H and O–H groups in total. The monoisotopic (exact) mass is 408 g/mol. The number of methoxy groups -OCH3 is 2. The number of amides is 2. The molecular weight excluding hydrogens is 384 g/mol. The molecule has 156 valence electrons. The number of rotatable bonds is 8. The number of carbonyl (C=O) groups excluding carboxylic acids is 2. The van der Waals surface area contributed by atoms with E-state index in [9.17, 15) is 9.59 Å². The van der Waals surface area contributed by atoms with Gasteiger partial charge in [0.15, 0.2) is 0 Å². The number of hydrogen-bond donors (Lipinski definition) is 2. The van der Waals surface area contributed by atoms with Crippen LogP contribution in [0.2, 0.25) is 0 Å². The fraction of sp³-hybridized carbons (Fsp3) is 0.227. The Kier molecular flexibility index (Phi) is 6.69. The molecule has 1 aromatic heterocycles. The van der Waals surface area contributed by atoms with Gasteiger partial charge in [-0.25, -0.2) is 0 Å². The maximum absolute atomic E-state index is 13.2. The third-order valence-corrected chi connectivity index (χ3v) is 4.53. The minimum atomic E-state index is -0.296. The maximum atomic E-state index is 13.2. The normalized spacial score (nSPS) is 10.9. The van der Waals surface area contributed by atoms with Gasteiger partial charge in [-0.1, -0.05) is 24.3 Å². The lowest BCUT2D eigenvalue weighted by molar-refractivity contribution is -0.119. The lowest BCUT2D eigenvalue weighted by Crippen LogP contribution is -2.37. The highest BCUT2D eigenvalue weighted by Crippen LogP contribution is 2.37. The fourth-order valence-corrected chi connectivity index (χ4v) is 3.13. The van der Waals surface area contributed by atoms with Gasteiger partial charge >= 0.3 is 0 Å². The summed E-state index contributed by atoms with van der Waals surface area (Å²) < 4.78 is 10.9. The summed E-state index contributed by atoms with van der Waals surface area (Å²) in [5, 5.41) is 10.8. The van der Waals surface area contributed by atoms with Gasteiger partial charge in [0.1, 0.15) is 17.2 Å². The van der Waals surface area contributed by atoms with Crippen molar-refractivity contribution in [1.29, 1.82) is 0 Å². The summed E-state index contributed by atoms with van der Waals surface area (Å²) >= 11 is 0. The van der Waals surface area contributed by atoms with Crippen LogP contribution in [0, 0.1) is 0 Å². The lowest BCUT2D eigenvalue weighted by Gasteiger charge is -2.25. The van der Waals surface area contributed by atoms with Crippen LogP contribution < -0.4 is 19.7 Å². The molecule has 0 saturated heterocycles. The molecule has 2 aromatic carbocycles. The standard InChI is InChI=1S/C22H24N4O4/c1-15(27)23-13-14-26(22-19(29-2)9-6-10-20(22)30-3)21(28)12-11-18-16-7-4-5-8-17(16)24-25-18/h4-12H,13-14H2,1-3H3,(H,23,27)(H,24,25)/b12-11+. The average molecular weight is 408 g/mol. The fourth-order valence-electron chi connectivity index (χ4n) is 3.13. The Bertz CT molecular complexity index is 1050. The predicted octanol–water partition coefficient (Wildman–Crippen LogP) is 2.76. The van der Waals surface area contributed by atoms with E-state index in [1.165, 1.54) is 32.1 Å². The minimum absolute atomic E-state index is 0.173. The van der Waals surface area contributed by atoms with E-state index in [1.807, 2.05) is 24.3 Å². The number of fused-ring (bicyclic) bond motifs is 1. The highest BCUT2D eigenvalue weighted by Gasteiger charge is 2.22. The lowest BCUT2D eigenvalue weighted by atomic mass is 10.2. The summed E-state index contributed by atoms with van der Waals surface area (Å²) in [6.07, 6.45) is 3.11. The van der Waals surface area contributed by atoms with Gasteiger partial charge in [-0.3, -0.25) is 14.7 Å². The Hall–Kier alpha value is -3.81. The topological polar surface area (TPSA) is 96.6 Å². The van der Waals surface area contributed by atoms with Crippen molar-refractivity contribution < 1.29 is 19.1 Å². The molecule has 0 atom stereocenters. The van der Waals surface area contributed by atoms with Crippen LogP contribution in [0.25, 0.3) is 17.0 Å². The molecule has 0 unspecified atom stereocenters. The van der Waals surface area contributed by atoms with Crippen LogP contribution in [0.1, 0.15) is 12.6 Å². The zero-order valence-corrected chi connectivity index (χ0v) is 17.1. The van der Waals surface area contributed by atoms with E-state index in [0.29, 0.717) is 22.9 Å². The zero-order chi connectivity index (χ0) is 21.5. The number of anilines is 1. The van der Waals surface area contributed by atoms with Crippen LogP contribution in [-0.4, -0.2) is 49.3 Å². The quantitative estimate of drug-likeness (QED) is 0.559. The first-order chi connectivity index (χ1) is 14.5. The summed E-state index contributed by atoms with van der Waals surface area (Å²) in [6.45, 7) is 1.95. The second-order valence-corrected chi connectivity index (χ2v) is 6.47. The van der Waals surface area contributed by atoms with Crippen molar-refractivity contribution in [2.24, 2.45) is 0 Å². The number of hydrogen-bond acceptors (Lipinski definition) is 5. The molecule has 0 saturated carbocycles. The Morgan fingerprint density at radius 2 is 1.80 bits per heavy atom. The third-order valence-electron chi connectivity index (χ3n) is 4.53. The van der Waals surface area contributed by atoms with Crippen LogP contribution in [0.4, 0.5) is 5.69 Å². The van der Waals surface area contributed by atoms with Crippen molar-refractivity contribution in [2.75, 3.05) is 32.2 Å². The smallest absolute Gasteiger partial charge is 0.251 e. The van der Waals surface area contributed by atoms with Crippen molar-refractivity contribution in [1.82, 2.24) is 15.5 Å². The van der Waals surface area contributed by atoms with Gasteiger partial charge in [-0.2, -0.15) is 5.10 Å². The first-order valence-electron chi connectivity index (χ1n) is 9.43. The van der Waals surface area contributed by atoms with E-state index in [4.69, 9.17) is 9.47 Å². The van der Waals surface area contributed by atoms with Crippen LogP contribution in [0.5, 0.6) is 11.5 Å². The van der Waals surface area contributed by atoms with Crippen LogP contribution in [0.3, 0.4) is 0 Å². The number of nitrogens with zero attached hydrogens (tertiary/aromatic N) is 2. The molecule has 0 aliphatic heterocycles. The number of nitrogens with one attached hydrogen (secondary N) is 2. The van der Waals surface area contributed by atoms with Gasteiger partial charge in [0.25, 0.3) is 5.91 Å². The number of ether oxygens (including phenoxy) is 2. The molecule has 0 fully saturated rings. The molecule has 0 bridgehead atoms. The van der Waals surface area contributed by atoms with E-state index in [0.717, 1.165) is 10.9 Å². The molecule has 8 heteroatoms. The SMILES string of the molecule is COc1cccc(OC)c1N(CCNC(C)=O)C(=O)/C=C/c1n[nH]c2ccccc12. The summed E-state index contributed by atoms with van der Waals surface area (Å²) in [4.78, 5) is 26.0. The van der Waals surface area contributed by atoms with Crippen LogP contribution in [0.15, 0.2) is 48.5 Å². The number of benzene rings is 2. The van der Waals surface area contributed by atoms with Gasteiger partial charge in [0.2, 0.25) is 5.91 Å². The van der Waals surface area contributed by atoms with Crippen molar-refractivity contribution >= 4 is 34.5 Å². The van der Waals surface area contributed by atoms with Gasteiger partial charge in [-0.05, 0) is 24.3 Å². The zero-order valence-electron chi connectivity index (χ0n) is 17.1. The summed E-state index contributed by atoms with van der Waals surface area (Å²) in [7, 11) is 3.06. The third kappa shape index (κ3) is 4.60. The summed E-state index contributed by atoms with van der Waals surface area (Å²) in [6, 6.07) is 13.0. The Morgan fingerprint density at radius 1 is 1.10 bits per heavy atom. The summed E-state index contributed by atoms with van der Waals surface area (Å²) in [5.41, 5.74) is 2.04. The maximum Gasteiger partial charge on any atom is 0.251 e. The van der Waals surface area contributed by atoms with E-state index in [1.54, 1.807) is 24.3 Å². The van der Waals surface area contributed by atoms with Crippen molar-refractivity contribution in [3.63, 3.8) is 0 Å². The first kappa shape index (κ1) is 20.9. The molecule has 3 aromatic rings. The van der Waals surface area contributed by atoms with Crippen molar-refractivity contribution in [2.45, 2.75) is 6.92 Å². The molecule has 8 nitrogen and oxygen atoms in total. The van der Waals surface area contributed by atoms with Crippen molar-refractivity contribution in [3.8, 4) is 11.5 Å². The second-order valence-electron chi connectivity index (χ2n) is 6.47. The van der Waals surface area contributed by atoms with E-state index < -0.39 is 0 Å². The van der Waals surface area contributed by atoms with E-state index in [-0.39, 0.29) is 24.9 Å². The largest absolute Gasteiger partial charge is 0.494 e. The molecule has 1 heterocycles. The number of aromatic nitrogens is 2. The van der Waals surface area contributed by atoms with Crippen LogP contribution >= 0.6 is 0 Å². The number of H-pyrrole nitrogens is 1. The highest BCUT2D eigenvalue weighted by atomic mass is 16.5. The van der Waals surface area contributed by atoms with Crippen molar-refractivity contribution in [3.05, 3.63) is 54.2 Å². The van der Waals surface area contributed by atoms with E-state index >= 15 is 0 Å². The number of para-hydroxylation sites is 2. The Labute approximate surface area is 174 Å². The Morgan fingerprint density at radius 3 is 2.47 bits per heavy atom. The molecule has 0 aliphatic carbocycles. The molecule has 2 amide bonds. The predicted molar refractivity (Wildman–Crippen MR) is 116 cm³/mol. The molecule has 0 spiro atoms. The second kappa shape index (κ2) is 9.60.